The molecule has 8 heteroatoms. The minimum atomic E-state index is -3.36. The zero-order chi connectivity index (χ0) is 11.1. The first kappa shape index (κ1) is 10.8. The third kappa shape index (κ3) is 1.98. The summed E-state index contributed by atoms with van der Waals surface area (Å²) >= 11 is 0. The van der Waals surface area contributed by atoms with Gasteiger partial charge in [-0.2, -0.15) is 12.7 Å². The molecular formula is C7H14N4O3S. The lowest BCUT2D eigenvalue weighted by Gasteiger charge is -2.38. The highest BCUT2D eigenvalue weighted by molar-refractivity contribution is 7.87. The highest BCUT2D eigenvalue weighted by atomic mass is 32.2. The molecule has 86 valence electrons. The largest absolute Gasteiger partial charge is 0.349 e. The maximum Gasteiger partial charge on any atom is 0.279 e. The van der Waals surface area contributed by atoms with Gasteiger partial charge >= 0.3 is 0 Å². The Morgan fingerprint density at radius 3 is 2.80 bits per heavy atom. The van der Waals surface area contributed by atoms with E-state index in [-0.39, 0.29) is 18.5 Å². The third-order valence-corrected chi connectivity index (χ3v) is 4.25. The van der Waals surface area contributed by atoms with E-state index in [0.717, 1.165) is 6.42 Å². The molecule has 7 nitrogen and oxygen atoms in total. The van der Waals surface area contributed by atoms with Crippen LogP contribution >= 0.6 is 0 Å². The van der Waals surface area contributed by atoms with Crippen molar-refractivity contribution in [1.29, 1.82) is 0 Å². The van der Waals surface area contributed by atoms with Gasteiger partial charge in [0.2, 0.25) is 5.91 Å². The van der Waals surface area contributed by atoms with Crippen LogP contribution in [0.1, 0.15) is 6.42 Å². The Morgan fingerprint density at radius 1 is 1.53 bits per heavy atom. The zero-order valence-electron chi connectivity index (χ0n) is 8.14. The highest BCUT2D eigenvalue weighted by Gasteiger charge is 2.39. The number of nitrogens with zero attached hydrogens (tertiary/aromatic N) is 1. The maximum absolute atomic E-state index is 11.5. The van der Waals surface area contributed by atoms with Crippen molar-refractivity contribution in [2.75, 3.05) is 19.6 Å². The van der Waals surface area contributed by atoms with Gasteiger partial charge in [-0.3, -0.25) is 4.79 Å². The van der Waals surface area contributed by atoms with Gasteiger partial charge in [-0.1, -0.05) is 0 Å². The first-order valence-corrected chi connectivity index (χ1v) is 6.25. The second kappa shape index (κ2) is 3.71. The van der Waals surface area contributed by atoms with Crippen molar-refractivity contribution in [3.05, 3.63) is 0 Å². The Bertz CT molecular complexity index is 368. The maximum atomic E-state index is 11.5. The number of carbonyl (C=O) groups excluding carboxylic acids is 1. The molecule has 0 bridgehead atoms. The third-order valence-electron chi connectivity index (χ3n) is 2.67. The summed E-state index contributed by atoms with van der Waals surface area (Å²) in [5.74, 6) is -0.220. The van der Waals surface area contributed by atoms with Crippen LogP contribution in [0.5, 0.6) is 0 Å². The Labute approximate surface area is 88.2 Å². The van der Waals surface area contributed by atoms with Crippen LogP contribution < -0.4 is 15.8 Å². The molecule has 2 aliphatic rings. The van der Waals surface area contributed by atoms with E-state index in [9.17, 15) is 13.2 Å². The second-order valence-corrected chi connectivity index (χ2v) is 5.51. The number of rotatable bonds is 2. The van der Waals surface area contributed by atoms with Crippen molar-refractivity contribution in [3.8, 4) is 0 Å². The Morgan fingerprint density at radius 2 is 2.27 bits per heavy atom. The van der Waals surface area contributed by atoms with Gasteiger partial charge in [0, 0.05) is 19.6 Å². The van der Waals surface area contributed by atoms with Crippen molar-refractivity contribution in [2.24, 2.45) is 5.73 Å². The van der Waals surface area contributed by atoms with Crippen LogP contribution in [-0.4, -0.2) is 50.3 Å². The van der Waals surface area contributed by atoms with Gasteiger partial charge in [0.15, 0.2) is 0 Å². The molecule has 0 aromatic carbocycles. The van der Waals surface area contributed by atoms with Crippen LogP contribution in [0.3, 0.4) is 0 Å². The lowest BCUT2D eigenvalue weighted by Crippen LogP contribution is -2.70. The fourth-order valence-electron chi connectivity index (χ4n) is 1.69. The number of carbonyl (C=O) groups is 1. The van der Waals surface area contributed by atoms with Gasteiger partial charge in [0.25, 0.3) is 10.2 Å². The summed E-state index contributed by atoms with van der Waals surface area (Å²) in [4.78, 5) is 10.8. The average molecular weight is 234 g/mol. The molecule has 0 unspecified atom stereocenters. The molecular weight excluding hydrogens is 220 g/mol. The molecule has 2 heterocycles. The van der Waals surface area contributed by atoms with Crippen LogP contribution in [-0.2, 0) is 15.0 Å². The van der Waals surface area contributed by atoms with Crippen LogP contribution in [0.25, 0.3) is 0 Å². The average Bonchev–Trinajstić information content (AvgIpc) is 2.19. The normalized spacial score (nSPS) is 35.7. The molecule has 15 heavy (non-hydrogen) atoms. The molecule has 0 saturated carbocycles. The summed E-state index contributed by atoms with van der Waals surface area (Å²) in [5.41, 5.74) is 5.52. The summed E-state index contributed by atoms with van der Waals surface area (Å²) in [5, 5.41) is 2.58. The molecule has 0 spiro atoms. The molecule has 2 saturated heterocycles. The first-order valence-electron chi connectivity index (χ1n) is 4.81. The van der Waals surface area contributed by atoms with Gasteiger partial charge < -0.3 is 11.1 Å². The molecule has 0 aliphatic carbocycles. The molecule has 4 N–H and O–H groups in total. The summed E-state index contributed by atoms with van der Waals surface area (Å²) in [6.07, 6.45) is 0.773. The highest BCUT2D eigenvalue weighted by Crippen LogP contribution is 2.11. The molecule has 2 atom stereocenters. The number of hydrogen-bond donors (Lipinski definition) is 3. The van der Waals surface area contributed by atoms with Gasteiger partial charge in [-0.15, -0.1) is 0 Å². The molecule has 0 aromatic rings. The van der Waals surface area contributed by atoms with E-state index in [2.05, 4.69) is 10.0 Å². The van der Waals surface area contributed by atoms with Gasteiger partial charge in [-0.25, -0.2) is 4.72 Å². The quantitative estimate of drug-likeness (QED) is 0.454. The predicted octanol–water partition coefficient (Wildman–Crippen LogP) is -2.65. The zero-order valence-corrected chi connectivity index (χ0v) is 8.96. The Kier molecular flexibility index (Phi) is 2.67. The molecule has 1 amide bonds. The molecule has 2 fully saturated rings. The van der Waals surface area contributed by atoms with E-state index in [0.29, 0.717) is 13.1 Å². The fraction of sp³-hybridized carbons (Fsp3) is 0.857. The molecule has 0 aromatic heterocycles. The van der Waals surface area contributed by atoms with Crippen LogP contribution in [0, 0.1) is 0 Å². The van der Waals surface area contributed by atoms with Crippen molar-refractivity contribution >= 4 is 16.1 Å². The lowest BCUT2D eigenvalue weighted by molar-refractivity contribution is -0.130. The van der Waals surface area contributed by atoms with Crippen molar-refractivity contribution in [2.45, 2.75) is 18.5 Å². The Balaban J connectivity index is 1.97. The monoisotopic (exact) mass is 234 g/mol. The van der Waals surface area contributed by atoms with Crippen molar-refractivity contribution < 1.29 is 13.2 Å². The van der Waals surface area contributed by atoms with Crippen molar-refractivity contribution in [1.82, 2.24) is 14.3 Å². The van der Waals surface area contributed by atoms with Crippen molar-refractivity contribution in [3.63, 3.8) is 0 Å². The number of amides is 1. The summed E-state index contributed by atoms with van der Waals surface area (Å²) in [6, 6.07) is -0.839. The summed E-state index contributed by atoms with van der Waals surface area (Å²) in [7, 11) is -3.36. The molecule has 2 rings (SSSR count). The van der Waals surface area contributed by atoms with Crippen LogP contribution in [0.4, 0.5) is 0 Å². The van der Waals surface area contributed by atoms with E-state index in [1.54, 1.807) is 0 Å². The summed E-state index contributed by atoms with van der Waals surface area (Å²) < 4.78 is 26.8. The van der Waals surface area contributed by atoms with E-state index >= 15 is 0 Å². The lowest BCUT2D eigenvalue weighted by atomic mass is 10.0. The SMILES string of the molecule is N[C@@H]1C(=O)N[C@@H]1CN1CCCNS1(=O)=O. The molecule has 2 aliphatic heterocycles. The van der Waals surface area contributed by atoms with E-state index in [1.807, 2.05) is 0 Å². The topological polar surface area (TPSA) is 105 Å². The van der Waals surface area contributed by atoms with Gasteiger partial charge in [0.1, 0.15) is 6.04 Å². The minimum absolute atomic E-state index is 0.220. The standard InChI is InChI=1S/C7H14N4O3S/c8-6-5(10-7(6)12)4-11-3-1-2-9-15(11,13)14/h5-6,9H,1-4,8H2,(H,10,12)/t5-,6+/m1/s1. The summed E-state index contributed by atoms with van der Waals surface area (Å²) in [6.45, 7) is 1.21. The van der Waals surface area contributed by atoms with Gasteiger partial charge in [0.05, 0.1) is 6.04 Å². The minimum Gasteiger partial charge on any atom is -0.349 e. The van der Waals surface area contributed by atoms with E-state index < -0.39 is 16.3 Å². The first-order chi connectivity index (χ1) is 7.00. The van der Waals surface area contributed by atoms with Gasteiger partial charge in [-0.05, 0) is 6.42 Å². The van der Waals surface area contributed by atoms with Crippen LogP contribution in [0.2, 0.25) is 0 Å². The second-order valence-electron chi connectivity index (χ2n) is 3.75. The predicted molar refractivity (Wildman–Crippen MR) is 53.0 cm³/mol. The van der Waals surface area contributed by atoms with E-state index in [1.165, 1.54) is 4.31 Å². The number of nitrogens with one attached hydrogen (secondary N) is 2. The number of hydrogen-bond acceptors (Lipinski definition) is 4. The molecule has 0 radical (unpaired) electrons. The number of β-lactam (4-membered cyclic amide) rings is 1. The van der Waals surface area contributed by atoms with Crippen LogP contribution in [0.15, 0.2) is 0 Å². The Hall–Kier alpha value is -0.700. The number of nitrogens with two attached hydrogens (primary N) is 1. The fourth-order valence-corrected chi connectivity index (χ4v) is 3.00. The van der Waals surface area contributed by atoms with E-state index in [4.69, 9.17) is 5.73 Å². The smallest absolute Gasteiger partial charge is 0.279 e.